The third kappa shape index (κ3) is 40.5. The minimum Gasteiger partial charge on any atom is -0.379 e. The third-order valence-electron chi connectivity index (χ3n) is 11.0. The van der Waals surface area contributed by atoms with Gasteiger partial charge in [0.05, 0.1) is 45.7 Å². The van der Waals surface area contributed by atoms with E-state index in [0.29, 0.717) is 45.6 Å². The van der Waals surface area contributed by atoms with Gasteiger partial charge in [-0.05, 0) is 71.4 Å². The summed E-state index contributed by atoms with van der Waals surface area (Å²) < 4.78 is 16.4. The van der Waals surface area contributed by atoms with Crippen molar-refractivity contribution >= 4 is 5.78 Å². The van der Waals surface area contributed by atoms with Gasteiger partial charge in [-0.15, -0.1) is 0 Å². The first-order valence-corrected chi connectivity index (χ1v) is 23.9. The summed E-state index contributed by atoms with van der Waals surface area (Å²) in [5.74, 6) is -0.116. The quantitative estimate of drug-likeness (QED) is 0.0236. The number of nitrogens with two attached hydrogens (primary N) is 1. The monoisotopic (exact) mass is 900 g/mol. The molecular formula is C44H93N5O13. The zero-order valence-electron chi connectivity index (χ0n) is 38.5. The Morgan fingerprint density at radius 2 is 1.05 bits per heavy atom. The van der Waals surface area contributed by atoms with Crippen molar-refractivity contribution in [2.75, 3.05) is 59.8 Å². The summed E-state index contributed by atoms with van der Waals surface area (Å²) in [6.07, 6.45) is 15.7. The van der Waals surface area contributed by atoms with Crippen LogP contribution in [-0.2, 0) is 23.8 Å². The fraction of sp³-hybridized carbons (Fsp3) is 0.977. The molecule has 0 rings (SSSR count). The van der Waals surface area contributed by atoms with Crippen LogP contribution in [0.1, 0.15) is 161 Å². The van der Waals surface area contributed by atoms with Crippen molar-refractivity contribution in [2.45, 2.75) is 211 Å². The Hall–Kier alpha value is -1.01. The van der Waals surface area contributed by atoms with Crippen LogP contribution in [0.2, 0.25) is 0 Å². The van der Waals surface area contributed by atoms with Gasteiger partial charge in [-0.3, -0.25) is 20.3 Å². The highest BCUT2D eigenvalue weighted by Gasteiger charge is 2.22. The lowest BCUT2D eigenvalue weighted by Crippen LogP contribution is -2.45. The molecule has 0 radical (unpaired) electrons. The number of ketones is 1. The normalized spacial score (nSPS) is 15.6. The van der Waals surface area contributed by atoms with Gasteiger partial charge in [-0.25, -0.2) is 0 Å². The summed E-state index contributed by atoms with van der Waals surface area (Å²) in [7, 11) is 1.75. The predicted molar refractivity (Wildman–Crippen MR) is 239 cm³/mol. The maximum Gasteiger partial charge on any atom is 0.167 e. The number of carbonyl (C=O) groups excluding carboxylic acids is 1. The zero-order chi connectivity index (χ0) is 46.1. The van der Waals surface area contributed by atoms with Crippen LogP contribution >= 0.6 is 0 Å². The number of aliphatic hydroxyl groups excluding tert-OH is 6. The molecule has 0 saturated heterocycles. The standard InChI is InChI=1S/C44H93N5O13/c1-35(21-18-20-28-59-29-30-60-34-41(53)49-62-32-31-61-33-40(52)47-27-19-17-22-36(46-2)43(45)56)38(50)26-25-37(44(57)58)48-39(51)23-15-13-11-9-7-5-3-4-6-8-10-12-14-16-24-42(54)55/h35-37,39-44,46-49,51-58H,3-34,45H2,1-2H3. The SMILES string of the molecule is CNC(CCCCNC(O)COCCONC(O)COCCOCCCCC(C)C(=O)CCC(NC(O)CCCCCCCCCCCCCCCCC(O)O)C(O)O)C(N)O. The van der Waals surface area contributed by atoms with Crippen LogP contribution in [0, 0.1) is 5.92 Å². The molecule has 0 aliphatic rings. The summed E-state index contributed by atoms with van der Waals surface area (Å²) in [6, 6.07) is -0.939. The van der Waals surface area contributed by atoms with Crippen LogP contribution < -0.4 is 27.2 Å². The highest BCUT2D eigenvalue weighted by atomic mass is 16.7. The van der Waals surface area contributed by atoms with Crippen LogP contribution in [0.15, 0.2) is 0 Å². The van der Waals surface area contributed by atoms with Crippen molar-refractivity contribution < 1.29 is 64.7 Å². The Kier molecular flexibility index (Phi) is 43.1. The van der Waals surface area contributed by atoms with E-state index in [1.54, 1.807) is 7.05 Å². The van der Waals surface area contributed by atoms with Crippen LogP contribution in [0.25, 0.3) is 0 Å². The number of rotatable bonds is 49. The fourth-order valence-corrected chi connectivity index (χ4v) is 7.00. The van der Waals surface area contributed by atoms with E-state index in [0.717, 1.165) is 64.2 Å². The zero-order valence-corrected chi connectivity index (χ0v) is 38.5. The van der Waals surface area contributed by atoms with Crippen molar-refractivity contribution in [3.05, 3.63) is 0 Å². The van der Waals surface area contributed by atoms with Crippen molar-refractivity contribution in [3.63, 3.8) is 0 Å². The van der Waals surface area contributed by atoms with Gasteiger partial charge in [-0.1, -0.05) is 96.8 Å². The molecule has 0 spiro atoms. The second kappa shape index (κ2) is 43.9. The minimum absolute atomic E-state index is 0.000731. The second-order valence-electron chi connectivity index (χ2n) is 16.7. The summed E-state index contributed by atoms with van der Waals surface area (Å²) >= 11 is 0. The number of Topliss-reactive ketones (excluding diaryl/α,β-unsaturated/α-hetero) is 1. The van der Waals surface area contributed by atoms with Crippen LogP contribution in [0.4, 0.5) is 0 Å². The lowest BCUT2D eigenvalue weighted by Gasteiger charge is -2.24. The molecule has 0 bridgehead atoms. The molecule has 14 N–H and O–H groups in total. The van der Waals surface area contributed by atoms with E-state index in [4.69, 9.17) is 35.0 Å². The number of aliphatic hydroxyl groups is 8. The average Bonchev–Trinajstić information content (AvgIpc) is 3.23. The van der Waals surface area contributed by atoms with E-state index >= 15 is 0 Å². The van der Waals surface area contributed by atoms with Crippen molar-refractivity contribution in [1.82, 2.24) is 21.4 Å². The number of ether oxygens (including phenoxy) is 3. The van der Waals surface area contributed by atoms with E-state index in [-0.39, 0.29) is 57.0 Å². The van der Waals surface area contributed by atoms with Gasteiger partial charge in [0.25, 0.3) is 0 Å². The topological polar surface area (TPSA) is 290 Å². The second-order valence-corrected chi connectivity index (χ2v) is 16.7. The molecule has 0 aliphatic heterocycles. The fourth-order valence-electron chi connectivity index (χ4n) is 7.00. The molecular weight excluding hydrogens is 807 g/mol. The maximum atomic E-state index is 12.7. The van der Waals surface area contributed by atoms with E-state index in [2.05, 4.69) is 21.4 Å². The first-order chi connectivity index (χ1) is 29.9. The van der Waals surface area contributed by atoms with E-state index in [1.807, 2.05) is 6.92 Å². The van der Waals surface area contributed by atoms with Gasteiger partial charge in [0.15, 0.2) is 12.6 Å². The molecule has 372 valence electrons. The predicted octanol–water partition coefficient (Wildman–Crippen LogP) is 2.11. The first kappa shape index (κ1) is 61.0. The Morgan fingerprint density at radius 1 is 0.532 bits per heavy atom. The minimum atomic E-state index is -1.67. The number of nitrogens with one attached hydrogen (secondary N) is 4. The highest BCUT2D eigenvalue weighted by molar-refractivity contribution is 5.80. The van der Waals surface area contributed by atoms with E-state index in [1.165, 1.54) is 57.8 Å². The molecule has 0 aromatic rings. The van der Waals surface area contributed by atoms with Gasteiger partial charge in [0.1, 0.15) is 30.7 Å². The molecule has 0 heterocycles. The molecule has 0 aliphatic carbocycles. The largest absolute Gasteiger partial charge is 0.379 e. The Bertz CT molecular complexity index is 963. The summed E-state index contributed by atoms with van der Waals surface area (Å²) in [6.45, 7) is 4.09. The van der Waals surface area contributed by atoms with Gasteiger partial charge >= 0.3 is 0 Å². The summed E-state index contributed by atoms with van der Waals surface area (Å²) in [4.78, 5) is 17.9. The van der Waals surface area contributed by atoms with Crippen LogP contribution in [-0.4, -0.2) is 156 Å². The smallest absolute Gasteiger partial charge is 0.167 e. The molecule has 0 saturated carbocycles. The van der Waals surface area contributed by atoms with Gasteiger partial charge in [-0.2, -0.15) is 5.48 Å². The molecule has 0 amide bonds. The molecule has 0 aromatic heterocycles. The number of carbonyl (C=O) groups is 1. The summed E-state index contributed by atoms with van der Waals surface area (Å²) in [5.41, 5.74) is 7.95. The molecule has 7 unspecified atom stereocenters. The van der Waals surface area contributed by atoms with Crippen molar-refractivity contribution in [3.8, 4) is 0 Å². The lowest BCUT2D eigenvalue weighted by atomic mass is 9.95. The average molecular weight is 900 g/mol. The van der Waals surface area contributed by atoms with Gasteiger partial charge in [0.2, 0.25) is 0 Å². The summed E-state index contributed by atoms with van der Waals surface area (Å²) in [5, 5.41) is 86.0. The molecule has 7 atom stereocenters. The Balaban J connectivity index is 3.73. The van der Waals surface area contributed by atoms with Crippen LogP contribution in [0.3, 0.4) is 0 Å². The number of likely N-dealkylation sites (N-methyl/N-ethyl adjacent to an activating group) is 1. The lowest BCUT2D eigenvalue weighted by molar-refractivity contribution is -0.124. The molecule has 18 nitrogen and oxygen atoms in total. The molecule has 0 fully saturated rings. The van der Waals surface area contributed by atoms with Crippen molar-refractivity contribution in [1.29, 1.82) is 0 Å². The highest BCUT2D eigenvalue weighted by Crippen LogP contribution is 2.16. The van der Waals surface area contributed by atoms with E-state index < -0.39 is 43.5 Å². The number of unbranched alkanes of at least 4 members (excludes halogenated alkanes) is 15. The van der Waals surface area contributed by atoms with Gasteiger partial charge in [0, 0.05) is 25.0 Å². The molecule has 0 aromatic carbocycles. The Labute approximate surface area is 373 Å². The Morgan fingerprint density at radius 3 is 1.61 bits per heavy atom. The maximum absolute atomic E-state index is 12.7. The number of hydrogen-bond donors (Lipinski definition) is 13. The van der Waals surface area contributed by atoms with E-state index in [9.17, 15) is 35.4 Å². The number of hydrogen-bond acceptors (Lipinski definition) is 18. The van der Waals surface area contributed by atoms with Crippen LogP contribution in [0.5, 0.6) is 0 Å². The first-order valence-electron chi connectivity index (χ1n) is 23.9. The molecule has 62 heavy (non-hydrogen) atoms. The molecule has 18 heteroatoms. The third-order valence-corrected chi connectivity index (χ3v) is 11.0. The number of hydroxylamine groups is 1. The van der Waals surface area contributed by atoms with Gasteiger partial charge < -0.3 is 66.1 Å². The van der Waals surface area contributed by atoms with Crippen molar-refractivity contribution in [2.24, 2.45) is 11.7 Å².